The molecule has 0 spiro atoms. The molecule has 1 aliphatic carbocycles. The average Bonchev–Trinajstić information content (AvgIpc) is 3.22. The number of aliphatic hydroxyl groups excluding tert-OH is 1. The van der Waals surface area contributed by atoms with Crippen molar-refractivity contribution < 1.29 is 27.9 Å². The fraction of sp³-hybridized carbons (Fsp3) is 0.333. The van der Waals surface area contributed by atoms with Gasteiger partial charge in [-0.05, 0) is 35.2 Å². The van der Waals surface area contributed by atoms with Gasteiger partial charge in [0.05, 0.1) is 11.5 Å². The van der Waals surface area contributed by atoms with Gasteiger partial charge in [0.2, 0.25) is 10.0 Å². The van der Waals surface area contributed by atoms with Gasteiger partial charge in [-0.3, -0.25) is 9.59 Å². The van der Waals surface area contributed by atoms with E-state index in [4.69, 9.17) is 4.74 Å². The Morgan fingerprint density at radius 1 is 0.842 bits per heavy atom. The molecule has 7 nitrogen and oxygen atoms in total. The SMILES string of the molecule is CCCCCCCCOC(=O)[C@H](NS(=O)(=O)c1ccc2c(c1)C(=O)c1ccccc1-2)[C@@H](O)c1ccccc1. The van der Waals surface area contributed by atoms with E-state index in [0.717, 1.165) is 37.7 Å². The summed E-state index contributed by atoms with van der Waals surface area (Å²) in [5.74, 6) is -1.12. The fourth-order valence-electron chi connectivity index (χ4n) is 4.64. The molecule has 0 fully saturated rings. The first kappa shape index (κ1) is 27.7. The van der Waals surface area contributed by atoms with Crippen LogP contribution in [0.25, 0.3) is 11.1 Å². The number of carbonyl (C=O) groups is 2. The highest BCUT2D eigenvalue weighted by atomic mass is 32.2. The Hall–Kier alpha value is -3.33. The van der Waals surface area contributed by atoms with E-state index in [1.165, 1.54) is 12.1 Å². The van der Waals surface area contributed by atoms with Crippen LogP contribution in [0.2, 0.25) is 0 Å². The van der Waals surface area contributed by atoms with Crippen molar-refractivity contribution in [2.45, 2.75) is 62.5 Å². The molecule has 1 aliphatic rings. The van der Waals surface area contributed by atoms with E-state index in [1.54, 1.807) is 48.5 Å². The van der Waals surface area contributed by atoms with Gasteiger partial charge in [-0.2, -0.15) is 4.72 Å². The minimum atomic E-state index is -4.30. The highest BCUT2D eigenvalue weighted by molar-refractivity contribution is 7.89. The number of fused-ring (bicyclic) bond motifs is 3. The summed E-state index contributed by atoms with van der Waals surface area (Å²) in [7, 11) is -4.30. The third kappa shape index (κ3) is 6.20. The normalized spacial score (nSPS) is 14.0. The van der Waals surface area contributed by atoms with Crippen LogP contribution in [0.3, 0.4) is 0 Å². The van der Waals surface area contributed by atoms with Gasteiger partial charge in [0.1, 0.15) is 12.1 Å². The fourth-order valence-corrected chi connectivity index (χ4v) is 5.85. The first-order chi connectivity index (χ1) is 18.3. The van der Waals surface area contributed by atoms with Crippen LogP contribution in [0.4, 0.5) is 0 Å². The summed E-state index contributed by atoms with van der Waals surface area (Å²) in [5, 5.41) is 11.0. The number of ether oxygens (including phenoxy) is 1. The lowest BCUT2D eigenvalue weighted by molar-refractivity contribution is -0.148. The number of sulfonamides is 1. The Morgan fingerprint density at radius 3 is 2.21 bits per heavy atom. The number of rotatable bonds is 13. The van der Waals surface area contributed by atoms with Crippen molar-refractivity contribution in [2.75, 3.05) is 6.61 Å². The Morgan fingerprint density at radius 2 is 1.47 bits per heavy atom. The molecule has 0 amide bonds. The molecule has 200 valence electrons. The monoisotopic (exact) mass is 535 g/mol. The summed E-state index contributed by atoms with van der Waals surface area (Å²) >= 11 is 0. The predicted octanol–water partition coefficient (Wildman–Crippen LogP) is 5.18. The molecule has 0 saturated heterocycles. The topological polar surface area (TPSA) is 110 Å². The average molecular weight is 536 g/mol. The lowest BCUT2D eigenvalue weighted by Crippen LogP contribution is -2.46. The maximum atomic E-state index is 13.4. The van der Waals surface area contributed by atoms with Gasteiger partial charge in [-0.1, -0.05) is 99.7 Å². The molecule has 0 unspecified atom stereocenters. The Bertz CT molecular complexity index is 1390. The smallest absolute Gasteiger partial charge is 0.327 e. The molecule has 0 bridgehead atoms. The molecule has 2 N–H and O–H groups in total. The molecule has 0 saturated carbocycles. The van der Waals surface area contributed by atoms with Crippen molar-refractivity contribution in [3.05, 3.63) is 89.5 Å². The van der Waals surface area contributed by atoms with Gasteiger partial charge >= 0.3 is 5.97 Å². The van der Waals surface area contributed by atoms with Crippen LogP contribution in [0.5, 0.6) is 0 Å². The zero-order valence-electron chi connectivity index (χ0n) is 21.4. The second-order valence-corrected chi connectivity index (χ2v) is 11.2. The third-order valence-electron chi connectivity index (χ3n) is 6.74. The van der Waals surface area contributed by atoms with Crippen LogP contribution in [0.1, 0.15) is 73.0 Å². The summed E-state index contributed by atoms with van der Waals surface area (Å²) in [6, 6.07) is 18.2. The molecule has 8 heteroatoms. The Kier molecular flexibility index (Phi) is 9.09. The summed E-state index contributed by atoms with van der Waals surface area (Å²) in [4.78, 5) is 25.7. The number of benzene rings is 3. The Labute approximate surface area is 223 Å². The van der Waals surface area contributed by atoms with Crippen LogP contribution >= 0.6 is 0 Å². The lowest BCUT2D eigenvalue weighted by atomic mass is 10.0. The van der Waals surface area contributed by atoms with Crippen LogP contribution in [-0.2, 0) is 19.6 Å². The molecular weight excluding hydrogens is 502 g/mol. The van der Waals surface area contributed by atoms with E-state index in [2.05, 4.69) is 11.6 Å². The van der Waals surface area contributed by atoms with Crippen LogP contribution in [-0.4, -0.2) is 37.9 Å². The van der Waals surface area contributed by atoms with E-state index < -0.39 is 28.1 Å². The standard InChI is InChI=1S/C30H33NO6S/c1-2-3-4-5-6-12-19-37-30(34)27(28(32)21-13-8-7-9-14-21)31-38(35,36)22-17-18-24-23-15-10-11-16-25(23)29(33)26(24)20-22/h7-11,13-18,20,27-28,31-32H,2-6,12,19H2,1H3/t27-,28+/m1/s1. The molecule has 0 heterocycles. The van der Waals surface area contributed by atoms with E-state index in [1.807, 2.05) is 12.1 Å². The summed E-state index contributed by atoms with van der Waals surface area (Å²) in [5.41, 5.74) is 2.57. The summed E-state index contributed by atoms with van der Waals surface area (Å²) < 4.78 is 34.5. The zero-order chi connectivity index (χ0) is 27.1. The van der Waals surface area contributed by atoms with Crippen molar-refractivity contribution in [1.82, 2.24) is 4.72 Å². The number of hydrogen-bond acceptors (Lipinski definition) is 6. The largest absolute Gasteiger partial charge is 0.464 e. The molecule has 0 radical (unpaired) electrons. The zero-order valence-corrected chi connectivity index (χ0v) is 22.2. The molecule has 2 atom stereocenters. The van der Waals surface area contributed by atoms with Gasteiger partial charge < -0.3 is 9.84 Å². The Balaban J connectivity index is 1.52. The number of aliphatic hydroxyl groups is 1. The van der Waals surface area contributed by atoms with Crippen LogP contribution < -0.4 is 4.72 Å². The van der Waals surface area contributed by atoms with Crippen molar-refractivity contribution in [1.29, 1.82) is 0 Å². The van der Waals surface area contributed by atoms with E-state index >= 15 is 0 Å². The molecular formula is C30H33NO6S. The van der Waals surface area contributed by atoms with Gasteiger partial charge in [-0.25, -0.2) is 8.42 Å². The van der Waals surface area contributed by atoms with E-state index in [9.17, 15) is 23.1 Å². The first-order valence-corrected chi connectivity index (χ1v) is 14.5. The number of hydrogen-bond donors (Lipinski definition) is 2. The second-order valence-electron chi connectivity index (χ2n) is 9.47. The van der Waals surface area contributed by atoms with E-state index in [-0.39, 0.29) is 22.8 Å². The summed E-state index contributed by atoms with van der Waals surface area (Å²) in [6.07, 6.45) is 4.54. The molecule has 3 aromatic carbocycles. The number of unbranched alkanes of at least 4 members (excludes halogenated alkanes) is 5. The number of ketones is 1. The van der Waals surface area contributed by atoms with Crippen molar-refractivity contribution in [2.24, 2.45) is 0 Å². The number of nitrogens with one attached hydrogen (secondary N) is 1. The molecule has 0 aliphatic heterocycles. The highest BCUT2D eigenvalue weighted by Gasteiger charge is 2.35. The first-order valence-electron chi connectivity index (χ1n) is 13.0. The third-order valence-corrected chi connectivity index (χ3v) is 8.18. The molecule has 0 aromatic heterocycles. The maximum Gasteiger partial charge on any atom is 0.327 e. The van der Waals surface area contributed by atoms with E-state index in [0.29, 0.717) is 23.1 Å². The van der Waals surface area contributed by atoms with Crippen molar-refractivity contribution >= 4 is 21.8 Å². The lowest BCUT2D eigenvalue weighted by Gasteiger charge is -2.23. The van der Waals surface area contributed by atoms with Gasteiger partial charge in [0.15, 0.2) is 5.78 Å². The number of esters is 1. The van der Waals surface area contributed by atoms with Gasteiger partial charge in [-0.15, -0.1) is 0 Å². The molecule has 4 rings (SSSR count). The van der Waals surface area contributed by atoms with Crippen LogP contribution in [0, 0.1) is 0 Å². The summed E-state index contributed by atoms with van der Waals surface area (Å²) in [6.45, 7) is 2.27. The minimum absolute atomic E-state index is 0.135. The maximum absolute atomic E-state index is 13.4. The quantitative estimate of drug-likeness (QED) is 0.180. The minimum Gasteiger partial charge on any atom is -0.464 e. The highest BCUT2D eigenvalue weighted by Crippen LogP contribution is 2.37. The van der Waals surface area contributed by atoms with Gasteiger partial charge in [0.25, 0.3) is 0 Å². The van der Waals surface area contributed by atoms with Crippen molar-refractivity contribution in [3.63, 3.8) is 0 Å². The van der Waals surface area contributed by atoms with Crippen LogP contribution in [0.15, 0.2) is 77.7 Å². The molecule has 3 aromatic rings. The van der Waals surface area contributed by atoms with Crippen molar-refractivity contribution in [3.8, 4) is 11.1 Å². The molecule has 38 heavy (non-hydrogen) atoms. The van der Waals surface area contributed by atoms with Gasteiger partial charge in [0, 0.05) is 11.1 Å². The number of carbonyl (C=O) groups excluding carboxylic acids is 2. The predicted molar refractivity (Wildman–Crippen MR) is 145 cm³/mol. The second kappa shape index (κ2) is 12.5.